The van der Waals surface area contributed by atoms with Crippen molar-refractivity contribution in [2.24, 2.45) is 0 Å². The first-order valence-electron chi connectivity index (χ1n) is 14.4. The third-order valence-electron chi connectivity index (χ3n) is 8.08. The van der Waals surface area contributed by atoms with Crippen LogP contribution in [0, 0.1) is 0 Å². The predicted octanol–water partition coefficient (Wildman–Crippen LogP) is 2.13. The SMILES string of the molecule is C/C(=C/COc1ccc(Cl)cc1Cl)[C@H]1O[C@@H](Oc2ccc(/C=C(\C)C(=O)N[C@@H]3[C@H](O)[C@@H](O)[C@H]4OCO[C@H]4[C@@H]3O)cc2N)[C@@H](F)[C@@H]1O. The topological polar surface area (TPSA) is 182 Å². The van der Waals surface area contributed by atoms with Gasteiger partial charge in [0.15, 0.2) is 6.17 Å². The molecule has 1 amide bonds. The predicted molar refractivity (Wildman–Crippen MR) is 165 cm³/mol. The molecular weight excluding hydrogens is 650 g/mol. The van der Waals surface area contributed by atoms with E-state index in [1.54, 1.807) is 37.3 Å². The molecule has 2 aromatic carbocycles. The van der Waals surface area contributed by atoms with Crippen LogP contribution in [-0.2, 0) is 19.0 Å². The number of carbonyl (C=O) groups is 1. The van der Waals surface area contributed by atoms with E-state index in [-0.39, 0.29) is 30.4 Å². The van der Waals surface area contributed by atoms with Gasteiger partial charge in [0.1, 0.15) is 67.6 Å². The molecule has 7 N–H and O–H groups in total. The number of ether oxygens (including phenoxy) is 5. The number of alkyl halides is 1. The van der Waals surface area contributed by atoms with E-state index in [1.165, 1.54) is 25.1 Å². The molecule has 15 heteroatoms. The number of aliphatic hydroxyl groups is 4. The minimum atomic E-state index is -1.88. The number of anilines is 1. The Kier molecular flexibility index (Phi) is 10.8. The van der Waals surface area contributed by atoms with Crippen LogP contribution in [0.4, 0.5) is 10.1 Å². The summed E-state index contributed by atoms with van der Waals surface area (Å²) in [6, 6.07) is 8.12. The minimum absolute atomic E-state index is 0.0791. The summed E-state index contributed by atoms with van der Waals surface area (Å²) in [6.07, 6.45) is -8.69. The molecule has 0 unspecified atom stereocenters. The van der Waals surface area contributed by atoms with Crippen LogP contribution >= 0.6 is 23.2 Å². The van der Waals surface area contributed by atoms with E-state index >= 15 is 4.39 Å². The molecule has 0 bridgehead atoms. The average molecular weight is 686 g/mol. The molecule has 2 saturated heterocycles. The number of aliphatic hydroxyl groups excluding tert-OH is 4. The van der Waals surface area contributed by atoms with Crippen molar-refractivity contribution in [2.45, 2.75) is 75.1 Å². The molecule has 5 rings (SSSR count). The fourth-order valence-corrected chi connectivity index (χ4v) is 5.96. The Labute approximate surface area is 274 Å². The lowest BCUT2D eigenvalue weighted by Gasteiger charge is -2.41. The summed E-state index contributed by atoms with van der Waals surface area (Å²) in [5, 5.41) is 45.2. The van der Waals surface area contributed by atoms with Crippen molar-refractivity contribution in [1.82, 2.24) is 5.32 Å². The van der Waals surface area contributed by atoms with Gasteiger partial charge < -0.3 is 55.2 Å². The van der Waals surface area contributed by atoms with Crippen molar-refractivity contribution in [3.05, 3.63) is 69.2 Å². The zero-order valence-corrected chi connectivity index (χ0v) is 26.3. The molecule has 2 aliphatic heterocycles. The first-order valence-corrected chi connectivity index (χ1v) is 15.2. The number of carbonyl (C=O) groups excluding carboxylic acids is 1. The fourth-order valence-electron chi connectivity index (χ4n) is 5.49. The van der Waals surface area contributed by atoms with Gasteiger partial charge in [0, 0.05) is 10.6 Å². The standard InChI is InChI=1S/C31H35Cl2FN2O10/c1-13(7-8-42-19-6-4-16(32)11-17(19)33)27-23(37)21(34)31(46-27)45-20-5-3-15(10-18(20)35)9-14(2)30(41)36-22-24(38)26(40)29-28(25(22)39)43-12-44-29/h3-7,9-11,21-29,31,37-40H,8,12,35H2,1-2H3,(H,36,41)/b13-7-,14-9+/t21-,22+,23-,24-,25+,26+,27+,28-,29+,31+/m0/s1. The number of nitrogen functional groups attached to an aromatic ring is 1. The number of nitrogens with one attached hydrogen (secondary N) is 1. The minimum Gasteiger partial charge on any atom is -0.488 e. The lowest BCUT2D eigenvalue weighted by Crippen LogP contribution is -2.67. The van der Waals surface area contributed by atoms with E-state index in [9.17, 15) is 25.2 Å². The third-order valence-corrected chi connectivity index (χ3v) is 8.61. The molecule has 3 fully saturated rings. The second kappa shape index (κ2) is 14.4. The summed E-state index contributed by atoms with van der Waals surface area (Å²) in [5.41, 5.74) is 7.48. The molecule has 12 nitrogen and oxygen atoms in total. The van der Waals surface area contributed by atoms with E-state index in [2.05, 4.69) is 5.32 Å². The lowest BCUT2D eigenvalue weighted by molar-refractivity contribution is -0.155. The van der Waals surface area contributed by atoms with Crippen LogP contribution in [0.15, 0.2) is 53.6 Å². The van der Waals surface area contributed by atoms with Crippen molar-refractivity contribution < 1.29 is 53.3 Å². The van der Waals surface area contributed by atoms with Gasteiger partial charge in [-0.05, 0) is 67.5 Å². The van der Waals surface area contributed by atoms with E-state index in [0.29, 0.717) is 26.9 Å². The summed E-state index contributed by atoms with van der Waals surface area (Å²) in [6.45, 7) is 3.11. The number of benzene rings is 2. The summed E-state index contributed by atoms with van der Waals surface area (Å²) < 4.78 is 42.5. The van der Waals surface area contributed by atoms with Crippen LogP contribution in [-0.4, -0.2) is 101 Å². The smallest absolute Gasteiger partial charge is 0.247 e. The molecule has 250 valence electrons. The van der Waals surface area contributed by atoms with Gasteiger partial charge >= 0.3 is 0 Å². The summed E-state index contributed by atoms with van der Waals surface area (Å²) in [5.74, 6) is -0.110. The molecule has 0 radical (unpaired) electrons. The molecule has 3 aliphatic rings. The van der Waals surface area contributed by atoms with Gasteiger partial charge in [-0.1, -0.05) is 29.3 Å². The number of amides is 1. The number of hydrogen-bond acceptors (Lipinski definition) is 11. The summed E-state index contributed by atoms with van der Waals surface area (Å²) >= 11 is 12.0. The van der Waals surface area contributed by atoms with Gasteiger partial charge in [0.05, 0.1) is 16.8 Å². The van der Waals surface area contributed by atoms with Crippen LogP contribution < -0.4 is 20.5 Å². The molecule has 1 aliphatic carbocycles. The fraction of sp³-hybridized carbons (Fsp3) is 0.452. The highest BCUT2D eigenvalue weighted by Crippen LogP contribution is 2.34. The van der Waals surface area contributed by atoms with Crippen LogP contribution in [0.3, 0.4) is 0 Å². The molecule has 10 atom stereocenters. The van der Waals surface area contributed by atoms with Gasteiger partial charge in [-0.2, -0.15) is 0 Å². The van der Waals surface area contributed by atoms with Crippen molar-refractivity contribution in [3.63, 3.8) is 0 Å². The van der Waals surface area contributed by atoms with E-state index in [0.717, 1.165) is 0 Å². The van der Waals surface area contributed by atoms with Crippen LogP contribution in [0.1, 0.15) is 19.4 Å². The van der Waals surface area contributed by atoms with Gasteiger partial charge in [0.25, 0.3) is 0 Å². The normalized spacial score (nSPS) is 33.1. The van der Waals surface area contributed by atoms with Crippen molar-refractivity contribution in [3.8, 4) is 11.5 Å². The number of fused-ring (bicyclic) bond motifs is 1. The molecule has 0 spiro atoms. The highest BCUT2D eigenvalue weighted by molar-refractivity contribution is 6.35. The largest absolute Gasteiger partial charge is 0.488 e. The molecule has 2 heterocycles. The molecule has 2 aromatic rings. The second-order valence-electron chi connectivity index (χ2n) is 11.3. The Bertz CT molecular complexity index is 1500. The summed E-state index contributed by atoms with van der Waals surface area (Å²) in [4.78, 5) is 12.9. The maximum absolute atomic E-state index is 15.0. The number of nitrogens with two attached hydrogens (primary N) is 1. The zero-order valence-electron chi connectivity index (χ0n) is 24.8. The molecule has 46 heavy (non-hydrogen) atoms. The molecule has 0 aromatic heterocycles. The number of rotatable bonds is 9. The molecule has 1 saturated carbocycles. The number of halogens is 3. The molecular formula is C31H35Cl2FN2O10. The van der Waals surface area contributed by atoms with Gasteiger partial charge in [-0.25, -0.2) is 4.39 Å². The first-order chi connectivity index (χ1) is 21.8. The van der Waals surface area contributed by atoms with Crippen molar-refractivity contribution in [1.29, 1.82) is 0 Å². The van der Waals surface area contributed by atoms with Crippen LogP contribution in [0.25, 0.3) is 6.08 Å². The van der Waals surface area contributed by atoms with Gasteiger partial charge in [-0.3, -0.25) is 4.79 Å². The highest BCUT2D eigenvalue weighted by atomic mass is 35.5. The summed E-state index contributed by atoms with van der Waals surface area (Å²) in [7, 11) is 0. The van der Waals surface area contributed by atoms with Crippen LogP contribution in [0.5, 0.6) is 11.5 Å². The van der Waals surface area contributed by atoms with Crippen molar-refractivity contribution in [2.75, 3.05) is 19.1 Å². The Hall–Kier alpha value is -2.98. The van der Waals surface area contributed by atoms with Crippen molar-refractivity contribution >= 4 is 40.9 Å². The average Bonchev–Trinajstić information content (AvgIpc) is 3.62. The Balaban J connectivity index is 1.18. The quantitative estimate of drug-likeness (QED) is 0.129. The zero-order chi connectivity index (χ0) is 33.3. The number of hydrogen-bond donors (Lipinski definition) is 6. The van der Waals surface area contributed by atoms with E-state index < -0.39 is 67.1 Å². The maximum Gasteiger partial charge on any atom is 0.247 e. The first kappa shape index (κ1) is 34.4. The van der Waals surface area contributed by atoms with E-state index in [1.807, 2.05) is 0 Å². The van der Waals surface area contributed by atoms with E-state index in [4.69, 9.17) is 52.6 Å². The maximum atomic E-state index is 15.0. The second-order valence-corrected chi connectivity index (χ2v) is 12.1. The monoisotopic (exact) mass is 684 g/mol. The van der Waals surface area contributed by atoms with Gasteiger partial charge in [-0.15, -0.1) is 0 Å². The van der Waals surface area contributed by atoms with Gasteiger partial charge in [0.2, 0.25) is 12.2 Å². The Morgan fingerprint density at radius 2 is 1.72 bits per heavy atom. The van der Waals surface area contributed by atoms with Crippen LogP contribution in [0.2, 0.25) is 10.0 Å². The Morgan fingerprint density at radius 3 is 2.41 bits per heavy atom. The highest BCUT2D eigenvalue weighted by Gasteiger charge is 2.53. The lowest BCUT2D eigenvalue weighted by atomic mass is 9.83. The Morgan fingerprint density at radius 1 is 1.02 bits per heavy atom. The third kappa shape index (κ3) is 7.28.